The van der Waals surface area contributed by atoms with E-state index in [2.05, 4.69) is 11.9 Å². The predicted molar refractivity (Wildman–Crippen MR) is 55.2 cm³/mol. The molecule has 4 nitrogen and oxygen atoms in total. The van der Waals surface area contributed by atoms with E-state index in [-0.39, 0.29) is 6.04 Å². The first-order chi connectivity index (χ1) is 6.39. The molecular weight excluding hydrogens is 182 g/mol. The number of alkyl carbamates (subject to hydrolysis) is 1. The van der Waals surface area contributed by atoms with E-state index in [1.165, 1.54) is 0 Å². The molecule has 0 aromatic carbocycles. The lowest BCUT2D eigenvalue weighted by Crippen LogP contribution is -2.40. The standard InChI is InChI=1S/C10H19NO3/c1-6-8(7-13-5)11-9(12)14-10(2,3)4/h6,8H,1,7H2,2-5H3,(H,11,12). The van der Waals surface area contributed by atoms with Crippen LogP contribution in [-0.2, 0) is 9.47 Å². The van der Waals surface area contributed by atoms with Gasteiger partial charge >= 0.3 is 6.09 Å². The van der Waals surface area contributed by atoms with E-state index in [1.807, 2.05) is 20.8 Å². The molecule has 4 heteroatoms. The van der Waals surface area contributed by atoms with Crippen LogP contribution in [0.3, 0.4) is 0 Å². The Labute approximate surface area is 85.3 Å². The summed E-state index contributed by atoms with van der Waals surface area (Å²) in [4.78, 5) is 11.3. The zero-order valence-electron chi connectivity index (χ0n) is 9.29. The van der Waals surface area contributed by atoms with Crippen LogP contribution in [0.5, 0.6) is 0 Å². The molecule has 82 valence electrons. The third kappa shape index (κ3) is 6.48. The van der Waals surface area contributed by atoms with Gasteiger partial charge in [-0.05, 0) is 20.8 Å². The zero-order chi connectivity index (χ0) is 11.2. The van der Waals surface area contributed by atoms with Crippen LogP contribution in [0.15, 0.2) is 12.7 Å². The lowest BCUT2D eigenvalue weighted by Gasteiger charge is -2.21. The lowest BCUT2D eigenvalue weighted by atomic mass is 10.2. The van der Waals surface area contributed by atoms with Gasteiger partial charge in [0.1, 0.15) is 5.60 Å². The van der Waals surface area contributed by atoms with Gasteiger partial charge in [-0.1, -0.05) is 6.08 Å². The molecular formula is C10H19NO3. The van der Waals surface area contributed by atoms with Gasteiger partial charge < -0.3 is 14.8 Å². The van der Waals surface area contributed by atoms with Crippen LogP contribution in [0.4, 0.5) is 4.79 Å². The van der Waals surface area contributed by atoms with Crippen LogP contribution >= 0.6 is 0 Å². The minimum Gasteiger partial charge on any atom is -0.444 e. The number of carbonyl (C=O) groups excluding carboxylic acids is 1. The van der Waals surface area contributed by atoms with Crippen molar-refractivity contribution in [3.8, 4) is 0 Å². The number of hydrogen-bond acceptors (Lipinski definition) is 3. The van der Waals surface area contributed by atoms with Crippen molar-refractivity contribution in [3.05, 3.63) is 12.7 Å². The summed E-state index contributed by atoms with van der Waals surface area (Å²) in [5.74, 6) is 0. The van der Waals surface area contributed by atoms with Crippen LogP contribution in [-0.4, -0.2) is 31.5 Å². The summed E-state index contributed by atoms with van der Waals surface area (Å²) in [6, 6.07) is -0.213. The maximum atomic E-state index is 11.3. The molecule has 0 aromatic heterocycles. The Bertz CT molecular complexity index is 196. The van der Waals surface area contributed by atoms with Crippen molar-refractivity contribution in [3.63, 3.8) is 0 Å². The highest BCUT2D eigenvalue weighted by Crippen LogP contribution is 2.06. The molecule has 1 unspecified atom stereocenters. The molecule has 0 spiro atoms. The Morgan fingerprint density at radius 1 is 1.57 bits per heavy atom. The summed E-state index contributed by atoms with van der Waals surface area (Å²) in [6.45, 7) is 9.40. The van der Waals surface area contributed by atoms with E-state index in [1.54, 1.807) is 13.2 Å². The van der Waals surface area contributed by atoms with Gasteiger partial charge in [0.25, 0.3) is 0 Å². The van der Waals surface area contributed by atoms with E-state index in [0.717, 1.165) is 0 Å². The van der Waals surface area contributed by atoms with Crippen molar-refractivity contribution in [2.24, 2.45) is 0 Å². The maximum absolute atomic E-state index is 11.3. The third-order valence-corrected chi connectivity index (χ3v) is 1.33. The quantitative estimate of drug-likeness (QED) is 0.704. The molecule has 0 fully saturated rings. The van der Waals surface area contributed by atoms with E-state index >= 15 is 0 Å². The van der Waals surface area contributed by atoms with Gasteiger partial charge in [-0.2, -0.15) is 0 Å². The first-order valence-electron chi connectivity index (χ1n) is 4.50. The Hall–Kier alpha value is -1.03. The molecule has 1 atom stereocenters. The Kier molecular flexibility index (Phi) is 5.23. The molecule has 0 rings (SSSR count). The molecule has 0 radical (unpaired) electrons. The van der Waals surface area contributed by atoms with Crippen LogP contribution in [0.1, 0.15) is 20.8 Å². The lowest BCUT2D eigenvalue weighted by molar-refractivity contribution is 0.0488. The highest BCUT2D eigenvalue weighted by atomic mass is 16.6. The highest BCUT2D eigenvalue weighted by molar-refractivity contribution is 5.68. The summed E-state index contributed by atoms with van der Waals surface area (Å²) in [5, 5.41) is 2.62. The topological polar surface area (TPSA) is 47.6 Å². The summed E-state index contributed by atoms with van der Waals surface area (Å²) < 4.78 is 9.95. The number of rotatable bonds is 4. The first-order valence-corrected chi connectivity index (χ1v) is 4.50. The van der Waals surface area contributed by atoms with Crippen molar-refractivity contribution >= 4 is 6.09 Å². The van der Waals surface area contributed by atoms with Crippen LogP contribution < -0.4 is 5.32 Å². The average Bonchev–Trinajstić information content (AvgIpc) is 2.00. The molecule has 0 aliphatic heterocycles. The van der Waals surface area contributed by atoms with E-state index in [9.17, 15) is 4.79 Å². The monoisotopic (exact) mass is 201 g/mol. The molecule has 0 aliphatic carbocycles. The van der Waals surface area contributed by atoms with E-state index < -0.39 is 11.7 Å². The number of ether oxygens (including phenoxy) is 2. The zero-order valence-corrected chi connectivity index (χ0v) is 9.29. The summed E-state index contributed by atoms with van der Waals surface area (Å²) >= 11 is 0. The minimum absolute atomic E-state index is 0.213. The van der Waals surface area contributed by atoms with Crippen molar-refractivity contribution in [2.75, 3.05) is 13.7 Å². The Morgan fingerprint density at radius 3 is 2.50 bits per heavy atom. The van der Waals surface area contributed by atoms with Gasteiger partial charge in [0.05, 0.1) is 12.6 Å². The third-order valence-electron chi connectivity index (χ3n) is 1.33. The second-order valence-electron chi connectivity index (χ2n) is 3.94. The predicted octanol–water partition coefficient (Wildman–Crippen LogP) is 1.71. The van der Waals surface area contributed by atoms with Crippen molar-refractivity contribution in [1.29, 1.82) is 0 Å². The van der Waals surface area contributed by atoms with E-state index in [0.29, 0.717) is 6.61 Å². The number of methoxy groups -OCH3 is 1. The normalized spacial score (nSPS) is 13.1. The highest BCUT2D eigenvalue weighted by Gasteiger charge is 2.17. The number of amides is 1. The summed E-state index contributed by atoms with van der Waals surface area (Å²) in [5.41, 5.74) is -0.483. The summed E-state index contributed by atoms with van der Waals surface area (Å²) in [7, 11) is 1.56. The molecule has 0 heterocycles. The van der Waals surface area contributed by atoms with Crippen LogP contribution in [0.2, 0.25) is 0 Å². The number of hydrogen-bond donors (Lipinski definition) is 1. The SMILES string of the molecule is C=CC(COC)NC(=O)OC(C)(C)C. The van der Waals surface area contributed by atoms with Gasteiger partial charge in [0.15, 0.2) is 0 Å². The molecule has 14 heavy (non-hydrogen) atoms. The summed E-state index contributed by atoms with van der Waals surface area (Å²) in [6.07, 6.45) is 1.15. The second-order valence-corrected chi connectivity index (χ2v) is 3.94. The largest absolute Gasteiger partial charge is 0.444 e. The van der Waals surface area contributed by atoms with Crippen LogP contribution in [0.25, 0.3) is 0 Å². The van der Waals surface area contributed by atoms with Gasteiger partial charge in [-0.25, -0.2) is 4.79 Å². The smallest absolute Gasteiger partial charge is 0.408 e. The van der Waals surface area contributed by atoms with Gasteiger partial charge in [-0.3, -0.25) is 0 Å². The fourth-order valence-corrected chi connectivity index (χ4v) is 0.807. The van der Waals surface area contributed by atoms with Crippen molar-refractivity contribution in [2.45, 2.75) is 32.4 Å². The molecule has 0 aromatic rings. The molecule has 0 aliphatic rings. The maximum Gasteiger partial charge on any atom is 0.408 e. The minimum atomic E-state index is -0.483. The van der Waals surface area contributed by atoms with Gasteiger partial charge in [0, 0.05) is 7.11 Å². The van der Waals surface area contributed by atoms with Gasteiger partial charge in [0.2, 0.25) is 0 Å². The fraction of sp³-hybridized carbons (Fsp3) is 0.700. The van der Waals surface area contributed by atoms with Crippen molar-refractivity contribution < 1.29 is 14.3 Å². The Balaban J connectivity index is 3.97. The average molecular weight is 201 g/mol. The van der Waals surface area contributed by atoms with Crippen molar-refractivity contribution in [1.82, 2.24) is 5.32 Å². The fourth-order valence-electron chi connectivity index (χ4n) is 0.807. The Morgan fingerprint density at radius 2 is 2.14 bits per heavy atom. The molecule has 0 saturated carbocycles. The molecule has 0 saturated heterocycles. The molecule has 0 bridgehead atoms. The first kappa shape index (κ1) is 13.0. The molecule has 1 amide bonds. The van der Waals surface area contributed by atoms with Gasteiger partial charge in [-0.15, -0.1) is 6.58 Å². The number of carbonyl (C=O) groups is 1. The second kappa shape index (κ2) is 5.65. The van der Waals surface area contributed by atoms with E-state index in [4.69, 9.17) is 9.47 Å². The number of nitrogens with one attached hydrogen (secondary N) is 1. The van der Waals surface area contributed by atoms with Crippen LogP contribution in [0, 0.1) is 0 Å². The molecule has 1 N–H and O–H groups in total.